The summed E-state index contributed by atoms with van der Waals surface area (Å²) in [7, 11) is 0. The Morgan fingerprint density at radius 3 is 2.88 bits per heavy atom. The molecule has 2 aliphatic rings. The third kappa shape index (κ3) is 2.65. The van der Waals surface area contributed by atoms with E-state index in [1.165, 1.54) is 11.1 Å². The van der Waals surface area contributed by atoms with Crippen molar-refractivity contribution >= 4 is 17.2 Å². The molecule has 4 heterocycles. The van der Waals surface area contributed by atoms with Gasteiger partial charge in [0.1, 0.15) is 22.4 Å². The van der Waals surface area contributed by atoms with Gasteiger partial charge in [-0.05, 0) is 39.5 Å². The van der Waals surface area contributed by atoms with Crippen molar-refractivity contribution in [3.05, 3.63) is 33.1 Å². The largest absolute Gasteiger partial charge is 0.366 e. The van der Waals surface area contributed by atoms with Crippen LogP contribution in [0.25, 0.3) is 0 Å². The Balaban J connectivity index is 1.46. The average molecular weight is 347 g/mol. The quantitative estimate of drug-likeness (QED) is 0.835. The molecule has 0 saturated carbocycles. The number of piperidine rings is 1. The van der Waals surface area contributed by atoms with Gasteiger partial charge in [0.25, 0.3) is 5.91 Å². The molecular weight excluding hydrogens is 326 g/mol. The number of aryl methyl sites for hydroxylation is 3. The maximum absolute atomic E-state index is 12.6. The maximum atomic E-state index is 12.6. The maximum Gasteiger partial charge on any atom is 0.259 e. The highest BCUT2D eigenvalue weighted by atomic mass is 32.1. The molecule has 2 saturated heterocycles. The lowest BCUT2D eigenvalue weighted by atomic mass is 9.91. The highest BCUT2D eigenvalue weighted by molar-refractivity contribution is 7.11. The molecule has 24 heavy (non-hydrogen) atoms. The Morgan fingerprint density at radius 1 is 1.38 bits per heavy atom. The Bertz CT molecular complexity index is 749. The molecule has 0 N–H and O–H groups in total. The molecular formula is C17H21N3O3S. The van der Waals surface area contributed by atoms with E-state index >= 15 is 0 Å². The zero-order valence-corrected chi connectivity index (χ0v) is 14.9. The zero-order valence-electron chi connectivity index (χ0n) is 14.1. The molecule has 3 atom stereocenters. The first-order valence-electron chi connectivity index (χ1n) is 8.33. The third-order valence-corrected chi connectivity index (χ3v) is 6.31. The number of aromatic nitrogens is 2. The van der Waals surface area contributed by atoms with Crippen molar-refractivity contribution in [2.75, 3.05) is 13.1 Å². The molecule has 2 aromatic rings. The summed E-state index contributed by atoms with van der Waals surface area (Å²) in [5, 5.41) is 4.78. The number of thiazole rings is 1. The number of hydrogen-bond acceptors (Lipinski definition) is 6. The second kappa shape index (κ2) is 5.97. The van der Waals surface area contributed by atoms with E-state index in [-0.39, 0.29) is 18.1 Å². The predicted molar refractivity (Wildman–Crippen MR) is 89.1 cm³/mol. The molecule has 0 bridgehead atoms. The van der Waals surface area contributed by atoms with Gasteiger partial charge >= 0.3 is 0 Å². The van der Waals surface area contributed by atoms with Crippen molar-refractivity contribution in [3.63, 3.8) is 0 Å². The molecule has 7 heteroatoms. The summed E-state index contributed by atoms with van der Waals surface area (Å²) >= 11 is 1.73. The van der Waals surface area contributed by atoms with Crippen molar-refractivity contribution < 1.29 is 14.1 Å². The van der Waals surface area contributed by atoms with E-state index < -0.39 is 0 Å². The normalized spacial score (nSPS) is 26.6. The SMILES string of the molecule is Cc1nc([C@H]2C[C@@H]3CCN(C(=O)c4cnoc4C)C[C@@H]3O2)sc1C. The van der Waals surface area contributed by atoms with E-state index in [9.17, 15) is 4.79 Å². The van der Waals surface area contributed by atoms with Crippen LogP contribution in [-0.4, -0.2) is 40.1 Å². The smallest absolute Gasteiger partial charge is 0.259 e. The molecule has 0 aromatic carbocycles. The average Bonchev–Trinajstić information content (AvgIpc) is 3.25. The minimum absolute atomic E-state index is 0.0137. The van der Waals surface area contributed by atoms with E-state index in [1.54, 1.807) is 18.3 Å². The number of likely N-dealkylation sites (tertiary alicyclic amines) is 1. The number of rotatable bonds is 2. The molecule has 1 amide bonds. The second-order valence-electron chi connectivity index (χ2n) is 6.69. The summed E-state index contributed by atoms with van der Waals surface area (Å²) in [6, 6.07) is 0. The van der Waals surface area contributed by atoms with Crippen molar-refractivity contribution in [3.8, 4) is 0 Å². The van der Waals surface area contributed by atoms with Gasteiger partial charge in [-0.15, -0.1) is 11.3 Å². The lowest BCUT2D eigenvalue weighted by molar-refractivity contribution is -0.00455. The molecule has 4 rings (SSSR count). The number of carbonyl (C=O) groups is 1. The molecule has 2 aromatic heterocycles. The van der Waals surface area contributed by atoms with Gasteiger partial charge in [-0.1, -0.05) is 5.16 Å². The molecule has 128 valence electrons. The van der Waals surface area contributed by atoms with Crippen LogP contribution in [0.1, 0.15) is 50.6 Å². The Hall–Kier alpha value is -1.73. The number of carbonyl (C=O) groups excluding carboxylic acids is 1. The van der Waals surface area contributed by atoms with Crippen molar-refractivity contribution in [2.24, 2.45) is 5.92 Å². The van der Waals surface area contributed by atoms with Crippen LogP contribution in [0, 0.1) is 26.7 Å². The van der Waals surface area contributed by atoms with Gasteiger partial charge in [-0.3, -0.25) is 4.79 Å². The van der Waals surface area contributed by atoms with Crippen molar-refractivity contribution in [1.82, 2.24) is 15.0 Å². The van der Waals surface area contributed by atoms with Gasteiger partial charge in [-0.25, -0.2) is 4.98 Å². The monoisotopic (exact) mass is 347 g/mol. The Morgan fingerprint density at radius 2 is 2.21 bits per heavy atom. The summed E-state index contributed by atoms with van der Waals surface area (Å²) in [4.78, 5) is 20.4. The van der Waals surface area contributed by atoms with Gasteiger partial charge in [-0.2, -0.15) is 0 Å². The Kier molecular flexibility index (Phi) is 3.92. The highest BCUT2D eigenvalue weighted by Gasteiger charge is 2.42. The summed E-state index contributed by atoms with van der Waals surface area (Å²) in [6.07, 6.45) is 3.65. The van der Waals surface area contributed by atoms with E-state index in [1.807, 2.05) is 11.8 Å². The van der Waals surface area contributed by atoms with Gasteiger partial charge in [0.15, 0.2) is 0 Å². The fourth-order valence-electron chi connectivity index (χ4n) is 3.58. The summed E-state index contributed by atoms with van der Waals surface area (Å²) in [6.45, 7) is 7.30. The van der Waals surface area contributed by atoms with Crippen LogP contribution in [0.3, 0.4) is 0 Å². The Labute approximate surface area is 144 Å². The molecule has 0 radical (unpaired) electrons. The van der Waals surface area contributed by atoms with Gasteiger partial charge < -0.3 is 14.2 Å². The van der Waals surface area contributed by atoms with Crippen LogP contribution >= 0.6 is 11.3 Å². The number of nitrogens with zero attached hydrogens (tertiary/aromatic N) is 3. The van der Waals surface area contributed by atoms with E-state index in [0.717, 1.165) is 30.1 Å². The van der Waals surface area contributed by atoms with Crippen LogP contribution < -0.4 is 0 Å². The molecule has 0 aliphatic carbocycles. The van der Waals surface area contributed by atoms with Crippen molar-refractivity contribution in [1.29, 1.82) is 0 Å². The van der Waals surface area contributed by atoms with Crippen LogP contribution in [-0.2, 0) is 4.74 Å². The minimum Gasteiger partial charge on any atom is -0.366 e. The van der Waals surface area contributed by atoms with Crippen LogP contribution in [0.4, 0.5) is 0 Å². The first-order valence-corrected chi connectivity index (χ1v) is 9.14. The van der Waals surface area contributed by atoms with E-state index in [2.05, 4.69) is 17.1 Å². The third-order valence-electron chi connectivity index (χ3n) is 5.14. The summed E-state index contributed by atoms with van der Waals surface area (Å²) in [5.74, 6) is 1.06. The first kappa shape index (κ1) is 15.8. The summed E-state index contributed by atoms with van der Waals surface area (Å²) < 4.78 is 11.3. The van der Waals surface area contributed by atoms with E-state index in [4.69, 9.17) is 9.26 Å². The van der Waals surface area contributed by atoms with Gasteiger partial charge in [0, 0.05) is 18.0 Å². The fraction of sp³-hybridized carbons (Fsp3) is 0.588. The fourth-order valence-corrected chi connectivity index (χ4v) is 4.56. The minimum atomic E-state index is -0.0137. The molecule has 6 nitrogen and oxygen atoms in total. The first-order chi connectivity index (χ1) is 11.5. The van der Waals surface area contributed by atoms with E-state index in [0.29, 0.717) is 23.8 Å². The zero-order chi connectivity index (χ0) is 16.8. The van der Waals surface area contributed by atoms with Gasteiger partial charge in [0.05, 0.1) is 18.0 Å². The highest BCUT2D eigenvalue weighted by Crippen LogP contribution is 2.42. The standard InChI is InChI=1S/C17H21N3O3S/c1-9-11(3)24-16(19-9)14-6-12-4-5-20(8-15(12)22-14)17(21)13-7-18-23-10(13)2/h7,12,14-15H,4-6,8H2,1-3H3/t12-,14+,15-/m0/s1. The van der Waals surface area contributed by atoms with Crippen molar-refractivity contribution in [2.45, 2.75) is 45.8 Å². The topological polar surface area (TPSA) is 68.5 Å². The van der Waals surface area contributed by atoms with Crippen LogP contribution in [0.15, 0.2) is 10.7 Å². The molecule has 2 fully saturated rings. The lowest BCUT2D eigenvalue weighted by Gasteiger charge is -2.33. The number of amides is 1. The number of ether oxygens (including phenoxy) is 1. The second-order valence-corrected chi connectivity index (χ2v) is 7.92. The predicted octanol–water partition coefficient (Wildman–Crippen LogP) is 3.05. The molecule has 0 unspecified atom stereocenters. The summed E-state index contributed by atoms with van der Waals surface area (Å²) in [5.41, 5.74) is 1.64. The number of hydrogen-bond donors (Lipinski definition) is 0. The number of fused-ring (bicyclic) bond motifs is 1. The molecule has 0 spiro atoms. The van der Waals surface area contributed by atoms with Crippen LogP contribution in [0.5, 0.6) is 0 Å². The lowest BCUT2D eigenvalue weighted by Crippen LogP contribution is -2.45. The van der Waals surface area contributed by atoms with Gasteiger partial charge in [0.2, 0.25) is 0 Å². The molecule has 2 aliphatic heterocycles. The van der Waals surface area contributed by atoms with Crippen LogP contribution in [0.2, 0.25) is 0 Å².